The fourth-order valence-electron chi connectivity index (χ4n) is 6.01. The van der Waals surface area contributed by atoms with Crippen LogP contribution >= 0.6 is 0 Å². The van der Waals surface area contributed by atoms with Gasteiger partial charge in [-0.05, 0) is 58.3 Å². The molecule has 1 unspecified atom stereocenters. The average molecular weight is 559 g/mol. The van der Waals surface area contributed by atoms with E-state index in [1.807, 2.05) is 6.20 Å². The fraction of sp³-hybridized carbons (Fsp3) is 0.516. The number of aliphatic hydroxyl groups excluding tert-OH is 1. The topological polar surface area (TPSA) is 94.3 Å². The highest BCUT2D eigenvalue weighted by molar-refractivity contribution is 5.94. The summed E-state index contributed by atoms with van der Waals surface area (Å²) in [5, 5.41) is 25.3. The van der Waals surface area contributed by atoms with E-state index in [1.54, 1.807) is 19.2 Å². The lowest BCUT2D eigenvalue weighted by Gasteiger charge is -2.42. The van der Waals surface area contributed by atoms with Gasteiger partial charge in [0.25, 0.3) is 0 Å². The molecule has 2 aliphatic heterocycles. The zero-order valence-electron chi connectivity index (χ0n) is 24.6. The molecule has 0 bridgehead atoms. The van der Waals surface area contributed by atoms with Crippen molar-refractivity contribution in [3.63, 3.8) is 0 Å². The van der Waals surface area contributed by atoms with Crippen LogP contribution in [0.25, 0.3) is 22.2 Å². The van der Waals surface area contributed by atoms with Gasteiger partial charge in [-0.3, -0.25) is 14.6 Å². The predicted octanol–water partition coefficient (Wildman–Crippen LogP) is 3.91. The third-order valence-corrected chi connectivity index (χ3v) is 8.58. The van der Waals surface area contributed by atoms with Gasteiger partial charge in [0.15, 0.2) is 6.23 Å². The van der Waals surface area contributed by atoms with E-state index in [0.717, 1.165) is 79.8 Å². The predicted molar refractivity (Wildman–Crippen MR) is 163 cm³/mol. The molecule has 0 spiro atoms. The third kappa shape index (κ3) is 5.95. The van der Waals surface area contributed by atoms with Crippen molar-refractivity contribution in [3.8, 4) is 11.3 Å². The van der Waals surface area contributed by atoms with Crippen molar-refractivity contribution >= 4 is 22.6 Å². The lowest BCUT2D eigenvalue weighted by atomic mass is 9.93. The minimum Gasteiger partial charge on any atom is -0.473 e. The summed E-state index contributed by atoms with van der Waals surface area (Å²) in [5.74, 6) is 1.43. The first-order valence-corrected chi connectivity index (χ1v) is 14.8. The maximum absolute atomic E-state index is 9.83. The number of rotatable bonds is 8. The van der Waals surface area contributed by atoms with Gasteiger partial charge in [-0.2, -0.15) is 5.10 Å². The Bertz CT molecular complexity index is 1400. The van der Waals surface area contributed by atoms with Crippen LogP contribution in [-0.4, -0.2) is 99.7 Å². The molecule has 1 aromatic carbocycles. The number of hydrogen-bond acceptors (Lipinski definition) is 9. The Morgan fingerprint density at radius 1 is 1.10 bits per heavy atom. The van der Waals surface area contributed by atoms with E-state index in [0.29, 0.717) is 11.9 Å². The zero-order chi connectivity index (χ0) is 28.5. The Hall–Kier alpha value is -3.47. The molecule has 1 atom stereocenters. The summed E-state index contributed by atoms with van der Waals surface area (Å²) < 4.78 is 8.39. The monoisotopic (exact) mass is 558 g/mol. The largest absolute Gasteiger partial charge is 0.473 e. The van der Waals surface area contributed by atoms with Gasteiger partial charge in [-0.1, -0.05) is 24.3 Å². The van der Waals surface area contributed by atoms with Gasteiger partial charge < -0.3 is 20.1 Å². The maximum atomic E-state index is 9.83. The number of aliphatic hydroxyl groups is 1. The van der Waals surface area contributed by atoms with Crippen LogP contribution in [0.2, 0.25) is 0 Å². The van der Waals surface area contributed by atoms with E-state index in [-0.39, 0.29) is 12.1 Å². The molecule has 6 rings (SSSR count). The number of ether oxygens (including phenoxy) is 1. The van der Waals surface area contributed by atoms with Crippen LogP contribution < -0.4 is 5.32 Å². The quantitative estimate of drug-likeness (QED) is 0.430. The Balaban J connectivity index is 1.19. The van der Waals surface area contributed by atoms with Crippen LogP contribution in [0.1, 0.15) is 44.2 Å². The second-order valence-electron chi connectivity index (χ2n) is 11.8. The molecule has 1 aliphatic carbocycles. The molecular formula is C31H42N8O2. The van der Waals surface area contributed by atoms with Gasteiger partial charge in [-0.15, -0.1) is 5.10 Å². The smallest absolute Gasteiger partial charge is 0.230 e. The van der Waals surface area contributed by atoms with E-state index in [9.17, 15) is 5.11 Å². The normalized spacial score (nSPS) is 23.6. The van der Waals surface area contributed by atoms with Crippen LogP contribution in [-0.2, 0) is 11.3 Å². The van der Waals surface area contributed by atoms with Crippen LogP contribution in [0, 0.1) is 0 Å². The number of nitrogens with one attached hydrogen (secondary N) is 1. The van der Waals surface area contributed by atoms with Crippen LogP contribution in [0.5, 0.6) is 0 Å². The summed E-state index contributed by atoms with van der Waals surface area (Å²) in [6.45, 7) is 6.14. The Labute approximate surface area is 242 Å². The van der Waals surface area contributed by atoms with Crippen molar-refractivity contribution in [3.05, 3.63) is 54.2 Å². The average Bonchev–Trinajstić information content (AvgIpc) is 3.32. The van der Waals surface area contributed by atoms with Crippen molar-refractivity contribution in [1.29, 1.82) is 0 Å². The Kier molecular flexibility index (Phi) is 7.96. The van der Waals surface area contributed by atoms with Gasteiger partial charge in [0.05, 0.1) is 11.6 Å². The molecule has 3 aromatic rings. The van der Waals surface area contributed by atoms with Gasteiger partial charge in [0.2, 0.25) is 5.90 Å². The molecule has 41 heavy (non-hydrogen) atoms. The SMILES string of the molecule is CCNc1cc2c(cn1)c(-c1ccc(CN3CC(N(C)C)C3)cc1)nn2[C@H]1CC[C@@H](OC2=NN(C)C(O)C=C2)CC1. The molecule has 0 radical (unpaired) electrons. The van der Waals surface area contributed by atoms with Crippen LogP contribution in [0.4, 0.5) is 5.82 Å². The molecule has 1 saturated heterocycles. The van der Waals surface area contributed by atoms with E-state index in [2.05, 4.69) is 76.3 Å². The molecule has 218 valence electrons. The molecule has 1 saturated carbocycles. The van der Waals surface area contributed by atoms with Crippen molar-refractivity contribution < 1.29 is 9.84 Å². The first-order chi connectivity index (χ1) is 19.9. The molecule has 4 heterocycles. The molecule has 2 fully saturated rings. The highest BCUT2D eigenvalue weighted by Crippen LogP contribution is 2.36. The fourth-order valence-corrected chi connectivity index (χ4v) is 6.01. The number of hydrogen-bond donors (Lipinski definition) is 2. The van der Waals surface area contributed by atoms with Gasteiger partial charge in [0, 0.05) is 68.6 Å². The number of fused-ring (bicyclic) bond motifs is 1. The van der Waals surface area contributed by atoms with Crippen molar-refractivity contribution in [1.82, 2.24) is 29.6 Å². The number of nitrogens with zero attached hydrogens (tertiary/aromatic N) is 7. The second-order valence-corrected chi connectivity index (χ2v) is 11.8. The van der Waals surface area contributed by atoms with E-state index < -0.39 is 6.23 Å². The minimum absolute atomic E-state index is 0.102. The standard InChI is InChI=1S/C31H42N8O2/c1-5-32-28-16-27-26(17-33-28)31(22-8-6-21(7-9-22)18-38-19-24(20-38)36(2)3)35-39(27)23-10-12-25(13-11-23)41-29-14-15-30(40)37(4)34-29/h6-9,14-17,23-25,30,40H,5,10-13,18-20H2,1-4H3,(H,32,33)/t23-,25+,30?. The number of aromatic nitrogens is 3. The van der Waals surface area contributed by atoms with Gasteiger partial charge in [-0.25, -0.2) is 4.98 Å². The Morgan fingerprint density at radius 2 is 1.85 bits per heavy atom. The molecule has 10 nitrogen and oxygen atoms in total. The van der Waals surface area contributed by atoms with E-state index in [4.69, 9.17) is 14.8 Å². The van der Waals surface area contributed by atoms with Crippen molar-refractivity contribution in [2.75, 3.05) is 46.1 Å². The highest BCUT2D eigenvalue weighted by atomic mass is 16.5. The van der Waals surface area contributed by atoms with Crippen molar-refractivity contribution in [2.24, 2.45) is 5.10 Å². The summed E-state index contributed by atoms with van der Waals surface area (Å²) in [4.78, 5) is 9.49. The first-order valence-electron chi connectivity index (χ1n) is 14.8. The molecule has 3 aliphatic rings. The summed E-state index contributed by atoms with van der Waals surface area (Å²) in [6.07, 6.45) is 8.61. The Morgan fingerprint density at radius 3 is 2.54 bits per heavy atom. The van der Waals surface area contributed by atoms with Crippen LogP contribution in [0.15, 0.2) is 53.8 Å². The number of likely N-dealkylation sites (N-methyl/N-ethyl adjacent to an activating group) is 2. The molecule has 0 amide bonds. The second kappa shape index (κ2) is 11.8. The minimum atomic E-state index is -0.700. The molecule has 2 N–H and O–H groups in total. The van der Waals surface area contributed by atoms with Crippen LogP contribution in [0.3, 0.4) is 0 Å². The summed E-state index contributed by atoms with van der Waals surface area (Å²) in [5.41, 5.74) is 4.56. The highest BCUT2D eigenvalue weighted by Gasteiger charge is 2.29. The summed E-state index contributed by atoms with van der Waals surface area (Å²) >= 11 is 0. The summed E-state index contributed by atoms with van der Waals surface area (Å²) in [6, 6.07) is 12.0. The van der Waals surface area contributed by atoms with E-state index >= 15 is 0 Å². The number of hydrazone groups is 1. The zero-order valence-corrected chi connectivity index (χ0v) is 24.6. The van der Waals surface area contributed by atoms with Gasteiger partial charge >= 0.3 is 0 Å². The number of likely N-dealkylation sites (tertiary alicyclic amines) is 1. The van der Waals surface area contributed by atoms with E-state index in [1.165, 1.54) is 10.6 Å². The molecule has 10 heteroatoms. The molecule has 2 aromatic heterocycles. The maximum Gasteiger partial charge on any atom is 0.230 e. The third-order valence-electron chi connectivity index (χ3n) is 8.58. The lowest BCUT2D eigenvalue weighted by Crippen LogP contribution is -2.56. The number of pyridine rings is 1. The first kappa shape index (κ1) is 27.7. The number of benzene rings is 1. The molecular weight excluding hydrogens is 516 g/mol. The number of anilines is 1. The van der Waals surface area contributed by atoms with Crippen molar-refractivity contribution in [2.45, 2.75) is 63.6 Å². The van der Waals surface area contributed by atoms with Gasteiger partial charge in [0.1, 0.15) is 17.6 Å². The summed E-state index contributed by atoms with van der Waals surface area (Å²) in [7, 11) is 6.06. The lowest BCUT2D eigenvalue weighted by molar-refractivity contribution is 0.0532.